The molecule has 4 heteroatoms. The van der Waals surface area contributed by atoms with Gasteiger partial charge < -0.3 is 4.74 Å². The van der Waals surface area contributed by atoms with E-state index in [2.05, 4.69) is 14.7 Å². The van der Waals surface area contributed by atoms with Gasteiger partial charge in [0.2, 0.25) is 0 Å². The van der Waals surface area contributed by atoms with E-state index >= 15 is 0 Å². The fourth-order valence-electron chi connectivity index (χ4n) is 1.12. The first-order chi connectivity index (χ1) is 5.83. The molecule has 1 saturated carbocycles. The van der Waals surface area contributed by atoms with Gasteiger partial charge in [-0.3, -0.25) is 4.84 Å². The lowest BCUT2D eigenvalue weighted by atomic mass is 10.3. The van der Waals surface area contributed by atoms with Crippen molar-refractivity contribution < 1.29 is 14.4 Å². The first-order valence-corrected chi connectivity index (χ1v) is 4.22. The van der Waals surface area contributed by atoms with Gasteiger partial charge in [-0.1, -0.05) is 5.16 Å². The highest BCUT2D eigenvalue weighted by Gasteiger charge is 2.10. The molecule has 1 aliphatic rings. The number of rotatable bonds is 2. The van der Waals surface area contributed by atoms with Gasteiger partial charge in [-0.25, -0.2) is 4.79 Å². The van der Waals surface area contributed by atoms with Crippen molar-refractivity contribution in [1.82, 2.24) is 0 Å². The predicted molar refractivity (Wildman–Crippen MR) is 44.0 cm³/mol. The molecule has 0 unspecified atom stereocenters. The van der Waals surface area contributed by atoms with E-state index in [0.29, 0.717) is 6.61 Å². The van der Waals surface area contributed by atoms with Crippen LogP contribution >= 0.6 is 0 Å². The van der Waals surface area contributed by atoms with Gasteiger partial charge in [-0.2, -0.15) is 0 Å². The van der Waals surface area contributed by atoms with Crippen LogP contribution in [0.1, 0.15) is 32.6 Å². The van der Waals surface area contributed by atoms with Gasteiger partial charge >= 0.3 is 6.16 Å². The third-order valence-electron chi connectivity index (χ3n) is 1.69. The van der Waals surface area contributed by atoms with Gasteiger partial charge in [0.25, 0.3) is 0 Å². The highest BCUT2D eigenvalue weighted by Crippen LogP contribution is 2.14. The lowest BCUT2D eigenvalue weighted by Crippen LogP contribution is -2.04. The second-order valence-electron chi connectivity index (χ2n) is 2.64. The Kier molecular flexibility index (Phi) is 3.57. The van der Waals surface area contributed by atoms with Crippen LogP contribution in [-0.4, -0.2) is 18.5 Å². The third-order valence-corrected chi connectivity index (χ3v) is 1.69. The number of carbonyl (C=O) groups is 1. The van der Waals surface area contributed by atoms with Crippen molar-refractivity contribution in [3.8, 4) is 0 Å². The van der Waals surface area contributed by atoms with E-state index in [1.54, 1.807) is 6.92 Å². The summed E-state index contributed by atoms with van der Waals surface area (Å²) in [7, 11) is 0. The molecule has 0 saturated heterocycles. The van der Waals surface area contributed by atoms with Crippen molar-refractivity contribution in [3.63, 3.8) is 0 Å². The molecule has 1 rings (SSSR count). The van der Waals surface area contributed by atoms with Gasteiger partial charge in [0.1, 0.15) is 0 Å². The van der Waals surface area contributed by atoms with Crippen molar-refractivity contribution in [2.75, 3.05) is 6.61 Å². The van der Waals surface area contributed by atoms with Crippen LogP contribution in [0.15, 0.2) is 5.16 Å². The molecule has 0 N–H and O–H groups in total. The Morgan fingerprint density at radius 3 is 2.75 bits per heavy atom. The second kappa shape index (κ2) is 4.74. The fraction of sp³-hybridized carbons (Fsp3) is 0.750. The summed E-state index contributed by atoms with van der Waals surface area (Å²) in [4.78, 5) is 15.1. The van der Waals surface area contributed by atoms with Gasteiger partial charge in [-0.15, -0.1) is 0 Å². The predicted octanol–water partition coefficient (Wildman–Crippen LogP) is 2.09. The Labute approximate surface area is 71.5 Å². The summed E-state index contributed by atoms with van der Waals surface area (Å²) in [6, 6.07) is 0. The zero-order valence-corrected chi connectivity index (χ0v) is 7.21. The number of hydrogen-bond donors (Lipinski definition) is 0. The first-order valence-electron chi connectivity index (χ1n) is 4.22. The average molecular weight is 171 g/mol. The van der Waals surface area contributed by atoms with Gasteiger partial charge in [-0.05, 0) is 32.6 Å². The maximum atomic E-state index is 10.6. The van der Waals surface area contributed by atoms with Crippen LogP contribution in [0.4, 0.5) is 4.79 Å². The summed E-state index contributed by atoms with van der Waals surface area (Å²) >= 11 is 0. The molecule has 1 aliphatic carbocycles. The Morgan fingerprint density at radius 2 is 2.17 bits per heavy atom. The van der Waals surface area contributed by atoms with E-state index in [1.807, 2.05) is 0 Å². The quantitative estimate of drug-likeness (QED) is 0.363. The Balaban J connectivity index is 2.22. The average Bonchev–Trinajstić information content (AvgIpc) is 2.53. The molecule has 0 radical (unpaired) electrons. The molecule has 0 amide bonds. The fourth-order valence-corrected chi connectivity index (χ4v) is 1.12. The molecule has 0 heterocycles. The largest absolute Gasteiger partial charge is 0.535 e. The SMILES string of the molecule is CCOC(=O)ON=C1CCCC1. The van der Waals surface area contributed by atoms with E-state index in [9.17, 15) is 4.79 Å². The molecular formula is C8H13NO3. The molecule has 4 nitrogen and oxygen atoms in total. The number of oxime groups is 1. The van der Waals surface area contributed by atoms with Crippen LogP contribution in [0.5, 0.6) is 0 Å². The molecule has 0 atom stereocenters. The van der Waals surface area contributed by atoms with Crippen molar-refractivity contribution in [2.45, 2.75) is 32.6 Å². The summed E-state index contributed by atoms with van der Waals surface area (Å²) in [5.74, 6) is 0. The Hall–Kier alpha value is -1.06. The van der Waals surface area contributed by atoms with Crippen molar-refractivity contribution >= 4 is 11.9 Å². The van der Waals surface area contributed by atoms with Gasteiger partial charge in [0, 0.05) is 0 Å². The number of nitrogens with zero attached hydrogens (tertiary/aromatic N) is 1. The van der Waals surface area contributed by atoms with Gasteiger partial charge in [0.05, 0.1) is 12.3 Å². The zero-order valence-electron chi connectivity index (χ0n) is 7.21. The molecular weight excluding hydrogens is 158 g/mol. The molecule has 0 aromatic heterocycles. The standard InChI is InChI=1S/C8H13NO3/c1-2-11-8(10)12-9-7-5-3-4-6-7/h2-6H2,1H3. The summed E-state index contributed by atoms with van der Waals surface area (Å²) in [6.07, 6.45) is 3.46. The molecule has 12 heavy (non-hydrogen) atoms. The second-order valence-corrected chi connectivity index (χ2v) is 2.64. The molecule has 1 fully saturated rings. The van der Waals surface area contributed by atoms with E-state index in [4.69, 9.17) is 0 Å². The van der Waals surface area contributed by atoms with Crippen molar-refractivity contribution in [2.24, 2.45) is 5.16 Å². The number of hydrogen-bond acceptors (Lipinski definition) is 4. The summed E-state index contributed by atoms with van der Waals surface area (Å²) in [5.41, 5.74) is 0.961. The highest BCUT2D eigenvalue weighted by atomic mass is 16.8. The van der Waals surface area contributed by atoms with Crippen LogP contribution in [-0.2, 0) is 9.57 Å². The summed E-state index contributed by atoms with van der Waals surface area (Å²) in [5, 5.41) is 3.68. The van der Waals surface area contributed by atoms with Crippen LogP contribution in [0.25, 0.3) is 0 Å². The molecule has 0 aromatic carbocycles. The summed E-state index contributed by atoms with van der Waals surface area (Å²) < 4.78 is 4.53. The molecule has 0 aliphatic heterocycles. The van der Waals surface area contributed by atoms with Crippen LogP contribution < -0.4 is 0 Å². The van der Waals surface area contributed by atoms with E-state index < -0.39 is 6.16 Å². The monoisotopic (exact) mass is 171 g/mol. The Bertz CT molecular complexity index is 181. The van der Waals surface area contributed by atoms with Crippen molar-refractivity contribution in [3.05, 3.63) is 0 Å². The lowest BCUT2D eigenvalue weighted by Gasteiger charge is -1.97. The number of carbonyl (C=O) groups excluding carboxylic acids is 1. The molecule has 68 valence electrons. The minimum absolute atomic E-state index is 0.323. The third kappa shape index (κ3) is 2.90. The maximum Gasteiger partial charge on any atom is 0.535 e. The minimum atomic E-state index is -0.711. The van der Waals surface area contributed by atoms with Crippen LogP contribution in [0, 0.1) is 0 Å². The van der Waals surface area contributed by atoms with E-state index in [1.165, 1.54) is 0 Å². The van der Waals surface area contributed by atoms with Crippen molar-refractivity contribution in [1.29, 1.82) is 0 Å². The smallest absolute Gasteiger partial charge is 0.433 e. The minimum Gasteiger partial charge on any atom is -0.433 e. The van der Waals surface area contributed by atoms with Crippen LogP contribution in [0.2, 0.25) is 0 Å². The first kappa shape index (κ1) is 9.03. The zero-order chi connectivity index (χ0) is 8.81. The van der Waals surface area contributed by atoms with Gasteiger partial charge in [0.15, 0.2) is 0 Å². The molecule has 0 spiro atoms. The normalized spacial score (nSPS) is 15.9. The molecule has 0 aromatic rings. The topological polar surface area (TPSA) is 47.9 Å². The highest BCUT2D eigenvalue weighted by molar-refractivity contribution is 5.86. The Morgan fingerprint density at radius 1 is 1.50 bits per heavy atom. The number of ether oxygens (including phenoxy) is 1. The lowest BCUT2D eigenvalue weighted by molar-refractivity contribution is 0.0611. The van der Waals surface area contributed by atoms with E-state index in [-0.39, 0.29) is 0 Å². The van der Waals surface area contributed by atoms with E-state index in [0.717, 1.165) is 31.4 Å². The van der Waals surface area contributed by atoms with Crippen LogP contribution in [0.3, 0.4) is 0 Å². The summed E-state index contributed by atoms with van der Waals surface area (Å²) in [6.45, 7) is 2.05. The molecule has 0 bridgehead atoms. The maximum absolute atomic E-state index is 10.6.